The summed E-state index contributed by atoms with van der Waals surface area (Å²) in [5, 5.41) is 12.0. The van der Waals surface area contributed by atoms with Crippen LogP contribution in [0.4, 0.5) is 11.5 Å². The monoisotopic (exact) mass is 383 g/mol. The van der Waals surface area contributed by atoms with E-state index in [1.807, 2.05) is 0 Å². The number of hydrogen-bond donors (Lipinski definition) is 2. The van der Waals surface area contributed by atoms with Gasteiger partial charge in [0, 0.05) is 36.6 Å². The molecule has 0 spiro atoms. The van der Waals surface area contributed by atoms with Crippen molar-refractivity contribution in [3.63, 3.8) is 0 Å². The second-order valence-electron chi connectivity index (χ2n) is 6.34. The maximum atomic E-state index is 12.4. The zero-order valence-corrected chi connectivity index (χ0v) is 15.3. The third-order valence-electron chi connectivity index (χ3n) is 4.52. The first-order valence-corrected chi connectivity index (χ1v) is 9.11. The zero-order chi connectivity index (χ0) is 18.8. The molecule has 3 aromatic rings. The second-order valence-corrected chi connectivity index (χ2v) is 6.75. The second kappa shape index (κ2) is 7.32. The van der Waals surface area contributed by atoms with E-state index in [0.717, 1.165) is 37.2 Å². The van der Waals surface area contributed by atoms with E-state index in [4.69, 9.17) is 17.3 Å². The van der Waals surface area contributed by atoms with Crippen molar-refractivity contribution < 1.29 is 4.79 Å². The lowest BCUT2D eigenvalue weighted by atomic mass is 10.1. The molecule has 0 unspecified atom stereocenters. The van der Waals surface area contributed by atoms with E-state index in [-0.39, 0.29) is 11.5 Å². The summed E-state index contributed by atoms with van der Waals surface area (Å²) in [4.78, 5) is 20.3. The number of nitrogens with zero attached hydrogens (tertiary/aromatic N) is 5. The molecule has 0 saturated heterocycles. The topological polar surface area (TPSA) is 112 Å². The Hall–Kier alpha value is -3.00. The van der Waals surface area contributed by atoms with Crippen molar-refractivity contribution >= 4 is 29.0 Å². The molecule has 3 N–H and O–H groups in total. The summed E-state index contributed by atoms with van der Waals surface area (Å²) >= 11 is 6.41. The number of carbonyl (C=O) groups is 1. The standard InChI is InChI=1S/C18H18ClN7O/c19-13-6-5-11(23-18(27)15-16(20)22-8-7-21-15)10-12(13)17-25-24-14-4-2-1-3-9-26(14)17/h5-8,10H,1-4,9H2,(H2,20,22)(H,23,27). The van der Waals surface area contributed by atoms with E-state index in [1.54, 1.807) is 18.2 Å². The minimum Gasteiger partial charge on any atom is -0.382 e. The summed E-state index contributed by atoms with van der Waals surface area (Å²) in [6.45, 7) is 0.862. The van der Waals surface area contributed by atoms with Crippen molar-refractivity contribution in [3.8, 4) is 11.4 Å². The van der Waals surface area contributed by atoms with Gasteiger partial charge in [-0.05, 0) is 31.0 Å². The van der Waals surface area contributed by atoms with Crippen molar-refractivity contribution in [1.29, 1.82) is 0 Å². The number of nitrogens with two attached hydrogens (primary N) is 1. The van der Waals surface area contributed by atoms with Gasteiger partial charge in [0.1, 0.15) is 5.82 Å². The molecule has 0 radical (unpaired) electrons. The van der Waals surface area contributed by atoms with Crippen molar-refractivity contribution in [2.45, 2.75) is 32.2 Å². The predicted molar refractivity (Wildman–Crippen MR) is 102 cm³/mol. The van der Waals surface area contributed by atoms with E-state index < -0.39 is 5.91 Å². The van der Waals surface area contributed by atoms with E-state index >= 15 is 0 Å². The number of anilines is 2. The third-order valence-corrected chi connectivity index (χ3v) is 4.85. The van der Waals surface area contributed by atoms with Crippen LogP contribution in [0.15, 0.2) is 30.6 Å². The number of aryl methyl sites for hydroxylation is 1. The number of amides is 1. The lowest BCUT2D eigenvalue weighted by Gasteiger charge is -2.11. The number of fused-ring (bicyclic) bond motifs is 1. The highest BCUT2D eigenvalue weighted by molar-refractivity contribution is 6.33. The molecule has 0 aliphatic carbocycles. The molecule has 0 bridgehead atoms. The molecule has 9 heteroatoms. The summed E-state index contributed by atoms with van der Waals surface area (Å²) < 4.78 is 2.11. The van der Waals surface area contributed by atoms with Gasteiger partial charge >= 0.3 is 0 Å². The van der Waals surface area contributed by atoms with Crippen molar-refractivity contribution in [2.75, 3.05) is 11.1 Å². The minimum atomic E-state index is -0.436. The fourth-order valence-electron chi connectivity index (χ4n) is 3.17. The molecule has 2 aromatic heterocycles. The van der Waals surface area contributed by atoms with E-state index in [0.29, 0.717) is 16.5 Å². The van der Waals surface area contributed by atoms with Crippen LogP contribution in [0.1, 0.15) is 35.6 Å². The van der Waals surface area contributed by atoms with Gasteiger partial charge in [0.05, 0.1) is 5.02 Å². The van der Waals surface area contributed by atoms with E-state index in [9.17, 15) is 4.79 Å². The van der Waals surface area contributed by atoms with Gasteiger partial charge < -0.3 is 15.6 Å². The minimum absolute atomic E-state index is 0.0744. The van der Waals surface area contributed by atoms with Crippen molar-refractivity contribution in [1.82, 2.24) is 24.7 Å². The molecule has 27 heavy (non-hydrogen) atoms. The fourth-order valence-corrected chi connectivity index (χ4v) is 3.37. The van der Waals surface area contributed by atoms with Gasteiger partial charge in [-0.2, -0.15) is 0 Å². The Kier molecular flexibility index (Phi) is 4.72. The van der Waals surface area contributed by atoms with E-state index in [1.165, 1.54) is 18.8 Å². The molecule has 1 amide bonds. The smallest absolute Gasteiger partial charge is 0.278 e. The summed E-state index contributed by atoms with van der Waals surface area (Å²) in [7, 11) is 0. The van der Waals surface area contributed by atoms with Crippen LogP contribution in [0.2, 0.25) is 5.02 Å². The van der Waals surface area contributed by atoms with Crippen LogP contribution in [-0.4, -0.2) is 30.6 Å². The first-order valence-electron chi connectivity index (χ1n) is 8.73. The average Bonchev–Trinajstić information content (AvgIpc) is 2.91. The molecular formula is C18H18ClN7O. The van der Waals surface area contributed by atoms with Crippen LogP contribution in [0, 0.1) is 0 Å². The van der Waals surface area contributed by atoms with Gasteiger partial charge in [-0.15, -0.1) is 10.2 Å². The first-order chi connectivity index (χ1) is 13.1. The number of carbonyl (C=O) groups excluding carboxylic acids is 1. The van der Waals surface area contributed by atoms with Crippen LogP contribution in [0.5, 0.6) is 0 Å². The molecule has 0 atom stereocenters. The number of rotatable bonds is 3. The molecule has 1 aliphatic rings. The number of halogens is 1. The van der Waals surface area contributed by atoms with E-state index in [2.05, 4.69) is 30.0 Å². The van der Waals surface area contributed by atoms with Gasteiger partial charge in [0.2, 0.25) is 0 Å². The number of hydrogen-bond acceptors (Lipinski definition) is 6. The summed E-state index contributed by atoms with van der Waals surface area (Å²) in [5.41, 5.74) is 7.08. The molecule has 3 heterocycles. The highest BCUT2D eigenvalue weighted by Gasteiger charge is 2.19. The van der Waals surface area contributed by atoms with Gasteiger partial charge in [0.15, 0.2) is 17.3 Å². The number of aromatic nitrogens is 5. The van der Waals surface area contributed by atoms with Crippen LogP contribution in [-0.2, 0) is 13.0 Å². The van der Waals surface area contributed by atoms with Gasteiger partial charge in [0.25, 0.3) is 5.91 Å². The van der Waals surface area contributed by atoms with Gasteiger partial charge in [-0.25, -0.2) is 9.97 Å². The van der Waals surface area contributed by atoms with Gasteiger partial charge in [-0.1, -0.05) is 18.0 Å². The van der Waals surface area contributed by atoms with Crippen LogP contribution in [0.3, 0.4) is 0 Å². The number of nitrogen functional groups attached to an aromatic ring is 1. The summed E-state index contributed by atoms with van der Waals surface area (Å²) in [5.74, 6) is 1.33. The molecular weight excluding hydrogens is 366 g/mol. The zero-order valence-electron chi connectivity index (χ0n) is 14.5. The molecule has 4 rings (SSSR count). The maximum absolute atomic E-state index is 12.4. The molecule has 138 valence electrons. The Balaban J connectivity index is 1.66. The fraction of sp³-hybridized carbons (Fsp3) is 0.278. The van der Waals surface area contributed by atoms with Crippen LogP contribution >= 0.6 is 11.6 Å². The summed E-state index contributed by atoms with van der Waals surface area (Å²) in [6.07, 6.45) is 7.13. The molecule has 8 nitrogen and oxygen atoms in total. The molecule has 1 aliphatic heterocycles. The largest absolute Gasteiger partial charge is 0.382 e. The third kappa shape index (κ3) is 3.48. The Morgan fingerprint density at radius 2 is 2.00 bits per heavy atom. The maximum Gasteiger partial charge on any atom is 0.278 e. The molecule has 0 fully saturated rings. The number of benzene rings is 1. The van der Waals surface area contributed by atoms with Crippen LogP contribution in [0.25, 0.3) is 11.4 Å². The Morgan fingerprint density at radius 3 is 2.85 bits per heavy atom. The lowest BCUT2D eigenvalue weighted by Crippen LogP contribution is -2.16. The van der Waals surface area contributed by atoms with Gasteiger partial charge in [-0.3, -0.25) is 4.79 Å². The average molecular weight is 384 g/mol. The lowest BCUT2D eigenvalue weighted by molar-refractivity contribution is 0.102. The Bertz CT molecular complexity index is 1000. The Labute approximate surface area is 160 Å². The van der Waals surface area contributed by atoms with Crippen LogP contribution < -0.4 is 11.1 Å². The molecule has 1 aromatic carbocycles. The number of nitrogens with one attached hydrogen (secondary N) is 1. The van der Waals surface area contributed by atoms with Crippen molar-refractivity contribution in [3.05, 3.63) is 47.1 Å². The molecule has 0 saturated carbocycles. The quantitative estimate of drug-likeness (QED) is 0.719. The highest BCUT2D eigenvalue weighted by atomic mass is 35.5. The first kappa shape index (κ1) is 17.4. The predicted octanol–water partition coefficient (Wildman–Crippen LogP) is 2.95. The highest BCUT2D eigenvalue weighted by Crippen LogP contribution is 2.31. The normalized spacial score (nSPS) is 13.7. The Morgan fingerprint density at radius 1 is 1.15 bits per heavy atom. The van der Waals surface area contributed by atoms with Crippen molar-refractivity contribution in [2.24, 2.45) is 0 Å². The summed E-state index contributed by atoms with van der Waals surface area (Å²) in [6, 6.07) is 5.23. The SMILES string of the molecule is Nc1nccnc1C(=O)Nc1ccc(Cl)c(-c2nnc3n2CCCCC3)c1.